The Kier molecular flexibility index (Phi) is 3.63. The molecule has 0 heterocycles. The Morgan fingerprint density at radius 1 is 1.11 bits per heavy atom. The summed E-state index contributed by atoms with van der Waals surface area (Å²) in [6, 6.07) is 14.4. The average molecular weight is 250 g/mol. The van der Waals surface area contributed by atoms with Gasteiger partial charge in [0, 0.05) is 11.3 Å². The highest BCUT2D eigenvalue weighted by atomic mass is 16.1. The van der Waals surface area contributed by atoms with Crippen molar-refractivity contribution < 1.29 is 4.79 Å². The molecule has 2 aromatic carbocycles. The second kappa shape index (κ2) is 5.36. The Balaban J connectivity index is 2.21. The van der Waals surface area contributed by atoms with Crippen molar-refractivity contribution in [3.63, 3.8) is 0 Å². The van der Waals surface area contributed by atoms with E-state index in [1.807, 2.05) is 38.1 Å². The van der Waals surface area contributed by atoms with Crippen LogP contribution in [0.1, 0.15) is 27.0 Å². The molecule has 1 N–H and O–H groups in total. The highest BCUT2D eigenvalue weighted by Gasteiger charge is 2.07. The highest BCUT2D eigenvalue weighted by molar-refractivity contribution is 6.04. The molecule has 0 saturated carbocycles. The largest absolute Gasteiger partial charge is 0.322 e. The number of amides is 1. The molecule has 0 fully saturated rings. The van der Waals surface area contributed by atoms with Crippen LogP contribution in [0.15, 0.2) is 42.5 Å². The fraction of sp³-hybridized carbons (Fsp3) is 0.125. The third kappa shape index (κ3) is 2.99. The van der Waals surface area contributed by atoms with Crippen molar-refractivity contribution in [2.24, 2.45) is 0 Å². The van der Waals surface area contributed by atoms with Crippen LogP contribution < -0.4 is 5.32 Å². The molecule has 0 spiro atoms. The van der Waals surface area contributed by atoms with E-state index in [1.54, 1.807) is 24.3 Å². The third-order valence-corrected chi connectivity index (χ3v) is 3.02. The number of benzene rings is 2. The zero-order valence-corrected chi connectivity index (χ0v) is 10.9. The molecule has 3 heteroatoms. The number of anilines is 1. The van der Waals surface area contributed by atoms with E-state index in [2.05, 4.69) is 5.32 Å². The average Bonchev–Trinajstić information content (AvgIpc) is 2.43. The van der Waals surface area contributed by atoms with Gasteiger partial charge in [-0.2, -0.15) is 5.26 Å². The molecule has 3 nitrogen and oxygen atoms in total. The molecule has 0 aliphatic rings. The number of nitrogens with one attached hydrogen (secondary N) is 1. The highest BCUT2D eigenvalue weighted by Crippen LogP contribution is 2.15. The van der Waals surface area contributed by atoms with Gasteiger partial charge in [0.2, 0.25) is 0 Å². The van der Waals surface area contributed by atoms with E-state index in [-0.39, 0.29) is 5.91 Å². The topological polar surface area (TPSA) is 52.9 Å². The standard InChI is InChI=1S/C16H14N2O/c1-11-6-7-15(8-12(11)2)18-16(19)14-5-3-4-13(9-14)10-17/h3-9H,1-2H3,(H,18,19). The SMILES string of the molecule is Cc1ccc(NC(=O)c2cccc(C#N)c2)cc1C. The predicted molar refractivity (Wildman–Crippen MR) is 75.0 cm³/mol. The van der Waals surface area contributed by atoms with Gasteiger partial charge in [-0.25, -0.2) is 0 Å². The molecule has 2 aromatic rings. The first-order chi connectivity index (χ1) is 9.10. The van der Waals surface area contributed by atoms with E-state index >= 15 is 0 Å². The lowest BCUT2D eigenvalue weighted by Crippen LogP contribution is -2.12. The summed E-state index contributed by atoms with van der Waals surface area (Å²) in [6.45, 7) is 4.03. The van der Waals surface area contributed by atoms with Gasteiger partial charge in [-0.15, -0.1) is 0 Å². The van der Waals surface area contributed by atoms with Crippen LogP contribution in [0.25, 0.3) is 0 Å². The molecule has 0 bridgehead atoms. The van der Waals surface area contributed by atoms with Gasteiger partial charge in [-0.3, -0.25) is 4.79 Å². The van der Waals surface area contributed by atoms with Crippen molar-refractivity contribution >= 4 is 11.6 Å². The maximum absolute atomic E-state index is 12.1. The van der Waals surface area contributed by atoms with Crippen LogP contribution in [0.2, 0.25) is 0 Å². The summed E-state index contributed by atoms with van der Waals surface area (Å²) in [4.78, 5) is 12.1. The Labute approximate surface area is 112 Å². The fourth-order valence-electron chi connectivity index (χ4n) is 1.75. The van der Waals surface area contributed by atoms with Crippen molar-refractivity contribution in [1.29, 1.82) is 5.26 Å². The molecule has 94 valence electrons. The second-order valence-electron chi connectivity index (χ2n) is 4.45. The first-order valence-corrected chi connectivity index (χ1v) is 5.99. The predicted octanol–water partition coefficient (Wildman–Crippen LogP) is 3.43. The van der Waals surface area contributed by atoms with Crippen molar-refractivity contribution in [2.75, 3.05) is 5.32 Å². The van der Waals surface area contributed by atoms with Gasteiger partial charge in [0.05, 0.1) is 11.6 Å². The van der Waals surface area contributed by atoms with Crippen LogP contribution >= 0.6 is 0 Å². The summed E-state index contributed by atoms with van der Waals surface area (Å²) >= 11 is 0. The minimum atomic E-state index is -0.208. The van der Waals surface area contributed by atoms with Crippen LogP contribution in [-0.2, 0) is 0 Å². The molecule has 0 unspecified atom stereocenters. The van der Waals surface area contributed by atoms with Crippen molar-refractivity contribution in [3.8, 4) is 6.07 Å². The lowest BCUT2D eigenvalue weighted by atomic mass is 10.1. The van der Waals surface area contributed by atoms with E-state index in [0.29, 0.717) is 11.1 Å². The zero-order chi connectivity index (χ0) is 13.8. The van der Waals surface area contributed by atoms with Crippen LogP contribution in [0, 0.1) is 25.2 Å². The zero-order valence-electron chi connectivity index (χ0n) is 10.9. The summed E-state index contributed by atoms with van der Waals surface area (Å²) in [6.07, 6.45) is 0. The van der Waals surface area contributed by atoms with Gasteiger partial charge >= 0.3 is 0 Å². The quantitative estimate of drug-likeness (QED) is 0.887. The van der Waals surface area contributed by atoms with E-state index < -0.39 is 0 Å². The number of hydrogen-bond acceptors (Lipinski definition) is 2. The molecule has 1 amide bonds. The van der Waals surface area contributed by atoms with Gasteiger partial charge in [0.25, 0.3) is 5.91 Å². The number of nitriles is 1. The number of carbonyl (C=O) groups excluding carboxylic acids is 1. The molecule has 0 aliphatic heterocycles. The second-order valence-corrected chi connectivity index (χ2v) is 4.45. The van der Waals surface area contributed by atoms with Gasteiger partial charge in [-0.05, 0) is 55.3 Å². The van der Waals surface area contributed by atoms with E-state index in [9.17, 15) is 4.79 Å². The lowest BCUT2D eigenvalue weighted by Gasteiger charge is -2.07. The Bertz CT molecular complexity index is 669. The molecule has 0 radical (unpaired) electrons. The smallest absolute Gasteiger partial charge is 0.255 e. The van der Waals surface area contributed by atoms with Crippen LogP contribution in [0.4, 0.5) is 5.69 Å². The Hall–Kier alpha value is -2.60. The van der Waals surface area contributed by atoms with E-state index in [4.69, 9.17) is 5.26 Å². The van der Waals surface area contributed by atoms with Gasteiger partial charge in [-0.1, -0.05) is 12.1 Å². The molecule has 2 rings (SSSR count). The molecule has 19 heavy (non-hydrogen) atoms. The Morgan fingerprint density at radius 2 is 1.89 bits per heavy atom. The number of carbonyl (C=O) groups is 1. The minimum Gasteiger partial charge on any atom is -0.322 e. The molecule has 0 saturated heterocycles. The first-order valence-electron chi connectivity index (χ1n) is 5.99. The molecular weight excluding hydrogens is 236 g/mol. The number of nitrogens with zero attached hydrogens (tertiary/aromatic N) is 1. The van der Waals surface area contributed by atoms with Gasteiger partial charge < -0.3 is 5.32 Å². The van der Waals surface area contributed by atoms with Crippen molar-refractivity contribution in [1.82, 2.24) is 0 Å². The minimum absolute atomic E-state index is 0.208. The monoisotopic (exact) mass is 250 g/mol. The molecule has 0 aromatic heterocycles. The third-order valence-electron chi connectivity index (χ3n) is 3.02. The van der Waals surface area contributed by atoms with Crippen molar-refractivity contribution in [3.05, 3.63) is 64.7 Å². The van der Waals surface area contributed by atoms with Gasteiger partial charge in [0.15, 0.2) is 0 Å². The maximum atomic E-state index is 12.1. The molecular formula is C16H14N2O. The molecule has 0 atom stereocenters. The van der Waals surface area contributed by atoms with E-state index in [0.717, 1.165) is 11.3 Å². The van der Waals surface area contributed by atoms with Crippen molar-refractivity contribution in [2.45, 2.75) is 13.8 Å². The van der Waals surface area contributed by atoms with Crippen LogP contribution in [0.3, 0.4) is 0 Å². The summed E-state index contributed by atoms with van der Waals surface area (Å²) in [5.74, 6) is -0.208. The number of aryl methyl sites for hydroxylation is 2. The summed E-state index contributed by atoms with van der Waals surface area (Å²) in [5.41, 5.74) is 4.04. The molecule has 0 aliphatic carbocycles. The van der Waals surface area contributed by atoms with Gasteiger partial charge in [0.1, 0.15) is 0 Å². The summed E-state index contributed by atoms with van der Waals surface area (Å²) in [5, 5.41) is 11.6. The summed E-state index contributed by atoms with van der Waals surface area (Å²) in [7, 11) is 0. The Morgan fingerprint density at radius 3 is 2.58 bits per heavy atom. The fourth-order valence-corrected chi connectivity index (χ4v) is 1.75. The number of rotatable bonds is 2. The normalized spacial score (nSPS) is 9.74. The van der Waals surface area contributed by atoms with E-state index in [1.165, 1.54) is 5.56 Å². The number of hydrogen-bond donors (Lipinski definition) is 1. The summed E-state index contributed by atoms with van der Waals surface area (Å²) < 4.78 is 0. The van der Waals surface area contributed by atoms with Crippen LogP contribution in [0.5, 0.6) is 0 Å². The maximum Gasteiger partial charge on any atom is 0.255 e. The lowest BCUT2D eigenvalue weighted by molar-refractivity contribution is 0.102. The first kappa shape index (κ1) is 12.8. The van der Waals surface area contributed by atoms with Crippen LogP contribution in [-0.4, -0.2) is 5.91 Å².